The van der Waals surface area contributed by atoms with Crippen molar-refractivity contribution < 1.29 is 0 Å². The highest BCUT2D eigenvalue weighted by Gasteiger charge is 2.16. The number of aryl methyl sites for hydroxylation is 1. The summed E-state index contributed by atoms with van der Waals surface area (Å²) in [4.78, 5) is 11.2. The number of likely N-dealkylation sites (N-methyl/N-ethyl adjacent to an activating group) is 2. The molecule has 18 heavy (non-hydrogen) atoms. The maximum atomic E-state index is 4.50. The smallest absolute Gasteiger partial charge is 0.135 e. The number of hydrogen-bond acceptors (Lipinski definition) is 4. The third-order valence-corrected chi connectivity index (χ3v) is 3.59. The summed E-state index contributed by atoms with van der Waals surface area (Å²) in [5.41, 5.74) is 2.65. The van der Waals surface area contributed by atoms with Crippen LogP contribution in [-0.2, 0) is 12.8 Å². The Morgan fingerprint density at radius 3 is 2.89 bits per heavy atom. The van der Waals surface area contributed by atoms with Gasteiger partial charge in [0.15, 0.2) is 0 Å². The van der Waals surface area contributed by atoms with E-state index in [1.165, 1.54) is 30.5 Å². The Morgan fingerprint density at radius 1 is 1.22 bits per heavy atom. The third-order valence-electron chi connectivity index (χ3n) is 3.59. The second kappa shape index (κ2) is 6.69. The molecular formula is C14H24N4. The number of hydrogen-bond donors (Lipinski definition) is 1. The van der Waals surface area contributed by atoms with Gasteiger partial charge in [0.2, 0.25) is 0 Å². The van der Waals surface area contributed by atoms with E-state index in [1.807, 2.05) is 0 Å². The van der Waals surface area contributed by atoms with Crippen LogP contribution in [0.5, 0.6) is 0 Å². The summed E-state index contributed by atoms with van der Waals surface area (Å²) in [6, 6.07) is 0. The second-order valence-corrected chi connectivity index (χ2v) is 4.96. The van der Waals surface area contributed by atoms with Crippen LogP contribution in [0, 0.1) is 0 Å². The van der Waals surface area contributed by atoms with Gasteiger partial charge in [-0.2, -0.15) is 0 Å². The van der Waals surface area contributed by atoms with Gasteiger partial charge in [-0.05, 0) is 32.2 Å². The van der Waals surface area contributed by atoms with Gasteiger partial charge in [0.05, 0.1) is 0 Å². The summed E-state index contributed by atoms with van der Waals surface area (Å²) in [6.07, 6.45) is 7.84. The molecule has 0 aromatic carbocycles. The zero-order valence-electron chi connectivity index (χ0n) is 11.6. The van der Waals surface area contributed by atoms with Crippen LogP contribution in [0.3, 0.4) is 0 Å². The van der Waals surface area contributed by atoms with Crippen molar-refractivity contribution in [1.82, 2.24) is 15.3 Å². The largest absolute Gasteiger partial charge is 0.358 e. The quantitative estimate of drug-likeness (QED) is 0.637. The predicted molar refractivity (Wildman–Crippen MR) is 75.1 cm³/mol. The fraction of sp³-hybridized carbons (Fsp3) is 0.714. The van der Waals surface area contributed by atoms with Crippen molar-refractivity contribution in [3.8, 4) is 0 Å². The lowest BCUT2D eigenvalue weighted by molar-refractivity contribution is 0.696. The van der Waals surface area contributed by atoms with Crippen molar-refractivity contribution in [2.75, 3.05) is 31.6 Å². The molecular weight excluding hydrogens is 224 g/mol. The summed E-state index contributed by atoms with van der Waals surface area (Å²) >= 11 is 0. The summed E-state index contributed by atoms with van der Waals surface area (Å²) < 4.78 is 0. The Bertz CT molecular complexity index is 378. The Hall–Kier alpha value is -1.16. The second-order valence-electron chi connectivity index (χ2n) is 4.96. The number of rotatable bonds is 5. The summed E-state index contributed by atoms with van der Waals surface area (Å²) in [6.45, 7) is 5.16. The van der Waals surface area contributed by atoms with E-state index in [-0.39, 0.29) is 0 Å². The lowest BCUT2D eigenvalue weighted by atomic mass is 10.1. The van der Waals surface area contributed by atoms with Crippen LogP contribution in [0.1, 0.15) is 37.4 Å². The topological polar surface area (TPSA) is 41.0 Å². The third kappa shape index (κ3) is 3.19. The molecule has 0 atom stereocenters. The molecule has 1 aliphatic carbocycles. The van der Waals surface area contributed by atoms with Crippen LogP contribution in [0.25, 0.3) is 0 Å². The highest BCUT2D eigenvalue weighted by molar-refractivity contribution is 5.48. The lowest BCUT2D eigenvalue weighted by Gasteiger charge is -2.22. The fourth-order valence-electron chi connectivity index (χ4n) is 2.54. The van der Waals surface area contributed by atoms with Gasteiger partial charge in [-0.1, -0.05) is 13.3 Å². The minimum absolute atomic E-state index is 0.997. The van der Waals surface area contributed by atoms with Gasteiger partial charge in [-0.25, -0.2) is 9.97 Å². The van der Waals surface area contributed by atoms with Crippen LogP contribution in [0.15, 0.2) is 6.33 Å². The molecule has 2 rings (SSSR count). The first-order valence-corrected chi connectivity index (χ1v) is 7.07. The van der Waals surface area contributed by atoms with E-state index in [9.17, 15) is 0 Å². The Kier molecular flexibility index (Phi) is 4.93. The fourth-order valence-corrected chi connectivity index (χ4v) is 2.54. The van der Waals surface area contributed by atoms with Crippen molar-refractivity contribution in [3.05, 3.63) is 17.6 Å². The molecule has 0 amide bonds. The molecule has 0 unspecified atom stereocenters. The number of nitrogens with one attached hydrogen (secondary N) is 1. The molecule has 4 nitrogen and oxygen atoms in total. The van der Waals surface area contributed by atoms with Crippen molar-refractivity contribution in [1.29, 1.82) is 0 Å². The van der Waals surface area contributed by atoms with Gasteiger partial charge >= 0.3 is 0 Å². The van der Waals surface area contributed by atoms with Crippen LogP contribution in [-0.4, -0.2) is 36.6 Å². The van der Waals surface area contributed by atoms with Gasteiger partial charge < -0.3 is 10.2 Å². The molecule has 1 aliphatic rings. The average Bonchev–Trinajstić information content (AvgIpc) is 2.63. The number of fused-ring (bicyclic) bond motifs is 1. The molecule has 0 saturated heterocycles. The molecule has 0 bridgehead atoms. The average molecular weight is 248 g/mol. The molecule has 100 valence electrons. The van der Waals surface area contributed by atoms with Crippen molar-refractivity contribution in [2.45, 2.75) is 39.0 Å². The first-order valence-electron chi connectivity index (χ1n) is 7.07. The van der Waals surface area contributed by atoms with Crippen LogP contribution in [0.4, 0.5) is 5.82 Å². The molecule has 1 aromatic heterocycles. The maximum Gasteiger partial charge on any atom is 0.135 e. The Labute approximate surface area is 110 Å². The van der Waals surface area contributed by atoms with Gasteiger partial charge in [-0.3, -0.25) is 0 Å². The zero-order chi connectivity index (χ0) is 12.8. The molecule has 0 aliphatic heterocycles. The van der Waals surface area contributed by atoms with Gasteiger partial charge in [-0.15, -0.1) is 0 Å². The highest BCUT2D eigenvalue weighted by Crippen LogP contribution is 2.25. The molecule has 1 heterocycles. The van der Waals surface area contributed by atoms with Crippen LogP contribution >= 0.6 is 0 Å². The molecule has 1 aromatic rings. The van der Waals surface area contributed by atoms with E-state index >= 15 is 0 Å². The standard InChI is InChI=1S/C14H24N4/c1-3-15-9-10-18(2)14-12-7-5-4-6-8-13(12)16-11-17-14/h11,15H,3-10H2,1-2H3. The number of anilines is 1. The molecule has 0 radical (unpaired) electrons. The summed E-state index contributed by atoms with van der Waals surface area (Å²) in [7, 11) is 2.13. The molecule has 1 N–H and O–H groups in total. The zero-order valence-corrected chi connectivity index (χ0v) is 11.6. The molecule has 0 spiro atoms. The summed E-state index contributed by atoms with van der Waals surface area (Å²) in [5.74, 6) is 1.14. The van der Waals surface area contributed by atoms with Crippen molar-refractivity contribution in [3.63, 3.8) is 0 Å². The van der Waals surface area contributed by atoms with E-state index in [2.05, 4.69) is 34.2 Å². The van der Waals surface area contributed by atoms with E-state index < -0.39 is 0 Å². The van der Waals surface area contributed by atoms with Gasteiger partial charge in [0, 0.05) is 31.4 Å². The Balaban J connectivity index is 2.11. The molecule has 0 saturated carbocycles. The van der Waals surface area contributed by atoms with E-state index in [0.717, 1.165) is 38.3 Å². The van der Waals surface area contributed by atoms with Crippen LogP contribution in [0.2, 0.25) is 0 Å². The van der Waals surface area contributed by atoms with Crippen molar-refractivity contribution in [2.24, 2.45) is 0 Å². The maximum absolute atomic E-state index is 4.50. The Morgan fingerprint density at radius 2 is 2.06 bits per heavy atom. The molecule has 0 fully saturated rings. The SMILES string of the molecule is CCNCCN(C)c1ncnc2c1CCCCC2. The normalized spacial score (nSPS) is 15.0. The van der Waals surface area contributed by atoms with Crippen molar-refractivity contribution >= 4 is 5.82 Å². The lowest BCUT2D eigenvalue weighted by Crippen LogP contribution is -2.30. The van der Waals surface area contributed by atoms with E-state index in [0.29, 0.717) is 0 Å². The first-order chi connectivity index (χ1) is 8.83. The van der Waals surface area contributed by atoms with E-state index in [1.54, 1.807) is 6.33 Å². The predicted octanol–water partition coefficient (Wildman–Crippen LogP) is 1.79. The summed E-state index contributed by atoms with van der Waals surface area (Å²) in [5, 5.41) is 3.36. The van der Waals surface area contributed by atoms with Crippen LogP contribution < -0.4 is 10.2 Å². The first kappa shape index (κ1) is 13.3. The monoisotopic (exact) mass is 248 g/mol. The highest BCUT2D eigenvalue weighted by atomic mass is 15.2. The van der Waals surface area contributed by atoms with Gasteiger partial charge in [0.1, 0.15) is 12.1 Å². The minimum atomic E-state index is 0.997. The minimum Gasteiger partial charge on any atom is -0.358 e. The van der Waals surface area contributed by atoms with E-state index in [4.69, 9.17) is 0 Å². The van der Waals surface area contributed by atoms with Gasteiger partial charge in [0.25, 0.3) is 0 Å². The molecule has 4 heteroatoms. The number of nitrogens with zero attached hydrogens (tertiary/aromatic N) is 3. The number of aromatic nitrogens is 2.